The third-order valence-corrected chi connectivity index (χ3v) is 3.17. The van der Waals surface area contributed by atoms with Gasteiger partial charge in [-0.2, -0.15) is 0 Å². The topological polar surface area (TPSA) is 40.5 Å². The van der Waals surface area contributed by atoms with Gasteiger partial charge in [0.25, 0.3) is 5.56 Å². The quantitative estimate of drug-likeness (QED) is 0.858. The van der Waals surface area contributed by atoms with Gasteiger partial charge in [0.15, 0.2) is 6.29 Å². The molecular formula is C12H16BrNO3. The van der Waals surface area contributed by atoms with Gasteiger partial charge >= 0.3 is 0 Å². The fourth-order valence-electron chi connectivity index (χ4n) is 1.85. The Morgan fingerprint density at radius 3 is 2.88 bits per heavy atom. The summed E-state index contributed by atoms with van der Waals surface area (Å²) in [5.41, 5.74) is 0.786. The first kappa shape index (κ1) is 12.8. The third-order valence-electron chi connectivity index (χ3n) is 2.73. The van der Waals surface area contributed by atoms with Crippen LogP contribution >= 0.6 is 15.9 Å². The Hall–Kier alpha value is -0.650. The third kappa shape index (κ3) is 3.40. The molecular weight excluding hydrogens is 286 g/mol. The van der Waals surface area contributed by atoms with E-state index in [0.717, 1.165) is 29.7 Å². The Morgan fingerprint density at radius 1 is 1.47 bits per heavy atom. The van der Waals surface area contributed by atoms with Crippen molar-refractivity contribution in [1.82, 2.24) is 4.57 Å². The highest BCUT2D eigenvalue weighted by Gasteiger charge is 2.14. The second-order valence-corrected chi connectivity index (χ2v) is 5.07. The van der Waals surface area contributed by atoms with Crippen molar-refractivity contribution in [2.45, 2.75) is 32.6 Å². The van der Waals surface area contributed by atoms with Gasteiger partial charge in [-0.05, 0) is 35.3 Å². The smallest absolute Gasteiger partial charge is 0.253 e. The van der Waals surface area contributed by atoms with E-state index < -0.39 is 0 Å². The van der Waals surface area contributed by atoms with E-state index in [2.05, 4.69) is 15.9 Å². The Morgan fingerprint density at radius 2 is 2.18 bits per heavy atom. The van der Waals surface area contributed by atoms with Gasteiger partial charge < -0.3 is 14.0 Å². The van der Waals surface area contributed by atoms with Crippen LogP contribution < -0.4 is 5.56 Å². The first-order valence-corrected chi connectivity index (χ1v) is 6.56. The van der Waals surface area contributed by atoms with Gasteiger partial charge in [-0.15, -0.1) is 0 Å². The minimum Gasteiger partial charge on any atom is -0.353 e. The molecule has 0 spiro atoms. The van der Waals surface area contributed by atoms with Gasteiger partial charge in [-0.25, -0.2) is 0 Å². The monoisotopic (exact) mass is 301 g/mol. The summed E-state index contributed by atoms with van der Waals surface area (Å²) in [5.74, 6) is 0. The molecule has 0 amide bonds. The van der Waals surface area contributed by atoms with E-state index in [-0.39, 0.29) is 11.8 Å². The second-order valence-electron chi connectivity index (χ2n) is 4.15. The van der Waals surface area contributed by atoms with Gasteiger partial charge in [0.05, 0.1) is 13.2 Å². The Kier molecular flexibility index (Phi) is 4.36. The summed E-state index contributed by atoms with van der Waals surface area (Å²) in [7, 11) is 0. The summed E-state index contributed by atoms with van der Waals surface area (Å²) >= 11 is 3.39. The van der Waals surface area contributed by atoms with Crippen molar-refractivity contribution >= 4 is 15.9 Å². The van der Waals surface area contributed by atoms with Crippen molar-refractivity contribution in [3.8, 4) is 0 Å². The summed E-state index contributed by atoms with van der Waals surface area (Å²) in [6.45, 7) is 3.93. The molecule has 0 bridgehead atoms. The molecule has 0 N–H and O–H groups in total. The second kappa shape index (κ2) is 5.80. The van der Waals surface area contributed by atoms with Crippen LogP contribution in [0, 0.1) is 6.92 Å². The standard InChI is InChI=1S/C12H16BrNO3/c1-9-7-10(13)8-14(12(9)15)4-3-11-16-5-2-6-17-11/h7-8,11H,2-6H2,1H3. The number of aryl methyl sites for hydroxylation is 2. The van der Waals surface area contributed by atoms with Crippen LogP contribution in [0.4, 0.5) is 0 Å². The largest absolute Gasteiger partial charge is 0.353 e. The molecule has 17 heavy (non-hydrogen) atoms. The lowest BCUT2D eigenvalue weighted by molar-refractivity contribution is -0.182. The Labute approximate surface area is 109 Å². The van der Waals surface area contributed by atoms with Gasteiger partial charge in [0.1, 0.15) is 0 Å². The maximum atomic E-state index is 11.9. The SMILES string of the molecule is Cc1cc(Br)cn(CCC2OCCCO2)c1=O. The van der Waals surface area contributed by atoms with Gasteiger partial charge in [-0.3, -0.25) is 4.79 Å². The number of rotatable bonds is 3. The van der Waals surface area contributed by atoms with Crippen LogP contribution in [0.1, 0.15) is 18.4 Å². The molecule has 0 radical (unpaired) electrons. The molecule has 0 saturated carbocycles. The van der Waals surface area contributed by atoms with Crippen LogP contribution in [-0.4, -0.2) is 24.1 Å². The van der Waals surface area contributed by atoms with Crippen molar-refractivity contribution < 1.29 is 9.47 Å². The molecule has 5 heteroatoms. The van der Waals surface area contributed by atoms with Crippen LogP contribution in [0.15, 0.2) is 21.5 Å². The molecule has 2 heterocycles. The molecule has 2 rings (SSSR count). The zero-order valence-corrected chi connectivity index (χ0v) is 11.4. The number of hydrogen-bond acceptors (Lipinski definition) is 3. The van der Waals surface area contributed by atoms with E-state index in [9.17, 15) is 4.79 Å². The molecule has 1 aromatic rings. The van der Waals surface area contributed by atoms with Crippen molar-refractivity contribution in [3.05, 3.63) is 32.7 Å². The van der Waals surface area contributed by atoms with E-state index in [0.29, 0.717) is 13.0 Å². The summed E-state index contributed by atoms with van der Waals surface area (Å²) in [5, 5.41) is 0. The van der Waals surface area contributed by atoms with E-state index in [4.69, 9.17) is 9.47 Å². The lowest BCUT2D eigenvalue weighted by atomic mass is 10.3. The van der Waals surface area contributed by atoms with E-state index in [1.54, 1.807) is 10.8 Å². The lowest BCUT2D eigenvalue weighted by Crippen LogP contribution is -2.29. The van der Waals surface area contributed by atoms with Crippen LogP contribution in [-0.2, 0) is 16.0 Å². The molecule has 1 aromatic heterocycles. The predicted octanol–water partition coefficient (Wildman–Crippen LogP) is 2.07. The first-order chi connectivity index (χ1) is 8.16. The van der Waals surface area contributed by atoms with Crippen molar-refractivity contribution in [2.75, 3.05) is 13.2 Å². The molecule has 0 atom stereocenters. The average Bonchev–Trinajstić information content (AvgIpc) is 2.33. The molecule has 1 aliphatic heterocycles. The lowest BCUT2D eigenvalue weighted by Gasteiger charge is -2.23. The number of nitrogens with zero attached hydrogens (tertiary/aromatic N) is 1. The summed E-state index contributed by atoms with van der Waals surface area (Å²) in [6.07, 6.45) is 3.29. The highest BCUT2D eigenvalue weighted by Crippen LogP contribution is 2.11. The van der Waals surface area contributed by atoms with Gasteiger partial charge in [0, 0.05) is 29.2 Å². The normalized spacial score (nSPS) is 17.3. The predicted molar refractivity (Wildman–Crippen MR) is 68.1 cm³/mol. The van der Waals surface area contributed by atoms with Crippen molar-refractivity contribution in [2.24, 2.45) is 0 Å². The van der Waals surface area contributed by atoms with Crippen molar-refractivity contribution in [1.29, 1.82) is 0 Å². The molecule has 4 nitrogen and oxygen atoms in total. The van der Waals surface area contributed by atoms with Crippen LogP contribution in [0.2, 0.25) is 0 Å². The van der Waals surface area contributed by atoms with E-state index >= 15 is 0 Å². The minimum atomic E-state index is -0.171. The fraction of sp³-hybridized carbons (Fsp3) is 0.583. The van der Waals surface area contributed by atoms with Crippen LogP contribution in [0.5, 0.6) is 0 Å². The highest BCUT2D eigenvalue weighted by molar-refractivity contribution is 9.10. The number of ether oxygens (including phenoxy) is 2. The van der Waals surface area contributed by atoms with E-state index in [1.807, 2.05) is 13.0 Å². The Balaban J connectivity index is 2.00. The zero-order chi connectivity index (χ0) is 12.3. The number of halogens is 1. The maximum absolute atomic E-state index is 11.9. The summed E-state index contributed by atoms with van der Waals surface area (Å²) < 4.78 is 13.5. The van der Waals surface area contributed by atoms with Crippen molar-refractivity contribution in [3.63, 3.8) is 0 Å². The highest BCUT2D eigenvalue weighted by atomic mass is 79.9. The number of hydrogen-bond donors (Lipinski definition) is 0. The number of aromatic nitrogens is 1. The maximum Gasteiger partial charge on any atom is 0.253 e. The molecule has 1 saturated heterocycles. The molecule has 94 valence electrons. The zero-order valence-electron chi connectivity index (χ0n) is 9.82. The number of pyridine rings is 1. The first-order valence-electron chi connectivity index (χ1n) is 5.76. The molecule has 1 aliphatic rings. The summed E-state index contributed by atoms with van der Waals surface area (Å²) in [4.78, 5) is 11.9. The molecule has 0 aliphatic carbocycles. The summed E-state index contributed by atoms with van der Waals surface area (Å²) in [6, 6.07) is 1.83. The molecule has 1 fully saturated rings. The fourth-order valence-corrected chi connectivity index (χ4v) is 2.44. The average molecular weight is 302 g/mol. The molecule has 0 aromatic carbocycles. The van der Waals surface area contributed by atoms with Crippen LogP contribution in [0.25, 0.3) is 0 Å². The van der Waals surface area contributed by atoms with Gasteiger partial charge in [-0.1, -0.05) is 0 Å². The van der Waals surface area contributed by atoms with Crippen LogP contribution in [0.3, 0.4) is 0 Å². The van der Waals surface area contributed by atoms with E-state index in [1.165, 1.54) is 0 Å². The molecule has 0 unspecified atom stereocenters. The Bertz CT molecular complexity index is 438. The van der Waals surface area contributed by atoms with Gasteiger partial charge in [0.2, 0.25) is 0 Å². The minimum absolute atomic E-state index is 0.0454.